The molecule has 0 bridgehead atoms. The summed E-state index contributed by atoms with van der Waals surface area (Å²) in [6.45, 7) is 6.87. The Balaban J connectivity index is 1.58. The van der Waals surface area contributed by atoms with Crippen LogP contribution in [0.3, 0.4) is 0 Å². The predicted molar refractivity (Wildman–Crippen MR) is 114 cm³/mol. The Morgan fingerprint density at radius 2 is 2.03 bits per heavy atom. The van der Waals surface area contributed by atoms with Crippen molar-refractivity contribution in [2.75, 3.05) is 13.2 Å². The largest absolute Gasteiger partial charge is 0.472 e. The molecule has 0 fully saturated rings. The van der Waals surface area contributed by atoms with Gasteiger partial charge in [0.1, 0.15) is 0 Å². The van der Waals surface area contributed by atoms with Crippen molar-refractivity contribution in [1.82, 2.24) is 9.88 Å². The molecule has 7 heteroatoms. The van der Waals surface area contributed by atoms with Gasteiger partial charge in [0.25, 0.3) is 5.91 Å². The van der Waals surface area contributed by atoms with E-state index in [1.807, 2.05) is 38.1 Å². The lowest BCUT2D eigenvalue weighted by molar-refractivity contribution is -0.169. The number of ether oxygens (including phenoxy) is 3. The first-order chi connectivity index (χ1) is 15.0. The third-order valence-electron chi connectivity index (χ3n) is 5.99. The van der Waals surface area contributed by atoms with Gasteiger partial charge in [0.2, 0.25) is 6.29 Å². The smallest absolute Gasteiger partial charge is 0.302 e. The average Bonchev–Trinajstić information content (AvgIpc) is 3.18. The van der Waals surface area contributed by atoms with Crippen LogP contribution in [-0.2, 0) is 36.9 Å². The summed E-state index contributed by atoms with van der Waals surface area (Å²) in [7, 11) is 0. The van der Waals surface area contributed by atoms with E-state index in [0.29, 0.717) is 25.3 Å². The van der Waals surface area contributed by atoms with Gasteiger partial charge in [-0.3, -0.25) is 14.6 Å². The highest BCUT2D eigenvalue weighted by molar-refractivity contribution is 5.94. The molecule has 1 aromatic heterocycles. The van der Waals surface area contributed by atoms with Crippen molar-refractivity contribution >= 4 is 22.8 Å². The maximum Gasteiger partial charge on any atom is 0.302 e. The van der Waals surface area contributed by atoms with Crippen molar-refractivity contribution in [3.63, 3.8) is 0 Å². The Labute approximate surface area is 182 Å². The summed E-state index contributed by atoms with van der Waals surface area (Å²) in [6.07, 6.45) is 1.76. The fraction of sp³-hybridized carbons (Fsp3) is 0.458. The molecular weight excluding hydrogens is 396 g/mol. The fourth-order valence-corrected chi connectivity index (χ4v) is 4.42. The molecule has 0 radical (unpaired) electrons. The molecule has 0 N–H and O–H groups in total. The van der Waals surface area contributed by atoms with E-state index in [0.717, 1.165) is 28.6 Å². The van der Waals surface area contributed by atoms with E-state index in [1.54, 1.807) is 4.90 Å². The Kier molecular flexibility index (Phi) is 6.23. The van der Waals surface area contributed by atoms with E-state index in [4.69, 9.17) is 19.2 Å². The van der Waals surface area contributed by atoms with Gasteiger partial charge in [-0.2, -0.15) is 0 Å². The number of amides is 1. The van der Waals surface area contributed by atoms with E-state index in [-0.39, 0.29) is 30.3 Å². The lowest BCUT2D eigenvalue weighted by Crippen LogP contribution is -2.42. The van der Waals surface area contributed by atoms with Gasteiger partial charge in [0.15, 0.2) is 0 Å². The number of nitrogens with zero attached hydrogens (tertiary/aromatic N) is 2. The monoisotopic (exact) mass is 424 g/mol. The average molecular weight is 424 g/mol. The van der Waals surface area contributed by atoms with Gasteiger partial charge in [0.05, 0.1) is 36.2 Å². The summed E-state index contributed by atoms with van der Waals surface area (Å²) in [5.74, 6) is -0.866. The van der Waals surface area contributed by atoms with Crippen LogP contribution in [0.1, 0.15) is 38.4 Å². The summed E-state index contributed by atoms with van der Waals surface area (Å²) >= 11 is 0. The molecule has 2 aliphatic heterocycles. The highest BCUT2D eigenvalue weighted by atomic mass is 16.7. The molecular formula is C24H28N2O5. The van der Waals surface area contributed by atoms with Gasteiger partial charge in [-0.1, -0.05) is 25.1 Å². The second-order valence-corrected chi connectivity index (χ2v) is 7.96. The number of esters is 1. The zero-order valence-corrected chi connectivity index (χ0v) is 18.2. The SMILES string of the molecule is CCOC1OC=C(C(=O)N2Cc3cc4ccccc4nc3C2)C(COC(C)=O)C1CC. The molecule has 164 valence electrons. The molecule has 2 aliphatic rings. The first-order valence-corrected chi connectivity index (χ1v) is 10.8. The van der Waals surface area contributed by atoms with Gasteiger partial charge in [-0.15, -0.1) is 0 Å². The number of rotatable bonds is 6. The molecule has 7 nitrogen and oxygen atoms in total. The Morgan fingerprint density at radius 3 is 2.77 bits per heavy atom. The number of benzene rings is 1. The van der Waals surface area contributed by atoms with Crippen LogP contribution in [0.4, 0.5) is 0 Å². The third-order valence-corrected chi connectivity index (χ3v) is 5.99. The second-order valence-electron chi connectivity index (χ2n) is 7.96. The van der Waals surface area contributed by atoms with Crippen molar-refractivity contribution in [1.29, 1.82) is 0 Å². The summed E-state index contributed by atoms with van der Waals surface area (Å²) in [4.78, 5) is 31.5. The van der Waals surface area contributed by atoms with Gasteiger partial charge < -0.3 is 19.1 Å². The second kappa shape index (κ2) is 9.06. The highest BCUT2D eigenvalue weighted by Crippen LogP contribution is 2.36. The number of carbonyl (C=O) groups excluding carboxylic acids is 2. The molecule has 1 amide bonds. The van der Waals surface area contributed by atoms with Gasteiger partial charge in [0, 0.05) is 37.3 Å². The number of hydrogen-bond donors (Lipinski definition) is 0. The normalized spacial score (nSPS) is 22.6. The topological polar surface area (TPSA) is 78.0 Å². The summed E-state index contributed by atoms with van der Waals surface area (Å²) < 4.78 is 16.9. The third kappa shape index (κ3) is 4.28. The van der Waals surface area contributed by atoms with Crippen LogP contribution in [0.2, 0.25) is 0 Å². The lowest BCUT2D eigenvalue weighted by atomic mass is 9.82. The minimum Gasteiger partial charge on any atom is -0.472 e. The van der Waals surface area contributed by atoms with Crippen molar-refractivity contribution in [3.05, 3.63) is 53.4 Å². The van der Waals surface area contributed by atoms with E-state index >= 15 is 0 Å². The Morgan fingerprint density at radius 1 is 1.23 bits per heavy atom. The number of carbonyl (C=O) groups is 2. The number of hydrogen-bond acceptors (Lipinski definition) is 6. The molecule has 2 aromatic rings. The number of pyridine rings is 1. The molecule has 4 rings (SSSR count). The quantitative estimate of drug-likeness (QED) is 0.660. The van der Waals surface area contributed by atoms with Crippen LogP contribution in [-0.4, -0.2) is 41.3 Å². The summed E-state index contributed by atoms with van der Waals surface area (Å²) in [6, 6.07) is 10.1. The van der Waals surface area contributed by atoms with Crippen molar-refractivity contribution in [3.8, 4) is 0 Å². The molecule has 0 saturated carbocycles. The Bertz CT molecular complexity index is 974. The van der Waals surface area contributed by atoms with Gasteiger partial charge >= 0.3 is 5.97 Å². The summed E-state index contributed by atoms with van der Waals surface area (Å²) in [5.41, 5.74) is 3.41. The zero-order valence-electron chi connectivity index (χ0n) is 18.2. The number of fused-ring (bicyclic) bond motifs is 2. The Hall–Kier alpha value is -2.93. The first kappa shape index (κ1) is 21.3. The standard InChI is InChI=1S/C24H28N2O5/c1-4-18-19(13-30-15(3)27)20(14-31-24(18)29-5-2)23(28)26-11-17-10-16-8-6-7-9-21(16)25-22(17)12-26/h6-10,14,18-19,24H,4-5,11-13H2,1-3H3. The zero-order chi connectivity index (χ0) is 22.0. The van der Waals surface area contributed by atoms with Crippen LogP contribution in [0.25, 0.3) is 10.9 Å². The molecule has 0 spiro atoms. The van der Waals surface area contributed by atoms with Crippen LogP contribution in [0.5, 0.6) is 0 Å². The fourth-order valence-electron chi connectivity index (χ4n) is 4.42. The maximum absolute atomic E-state index is 13.5. The predicted octanol–water partition coefficient (Wildman–Crippen LogP) is 3.56. The molecule has 1 aromatic carbocycles. The van der Waals surface area contributed by atoms with Gasteiger partial charge in [-0.05, 0) is 31.0 Å². The summed E-state index contributed by atoms with van der Waals surface area (Å²) in [5, 5.41) is 1.06. The van der Waals surface area contributed by atoms with Crippen LogP contribution >= 0.6 is 0 Å². The van der Waals surface area contributed by atoms with E-state index in [1.165, 1.54) is 13.2 Å². The van der Waals surface area contributed by atoms with E-state index < -0.39 is 6.29 Å². The molecule has 3 atom stereocenters. The van der Waals surface area contributed by atoms with E-state index in [2.05, 4.69) is 6.07 Å². The minimum absolute atomic E-state index is 0.0889. The molecule has 0 saturated heterocycles. The lowest BCUT2D eigenvalue weighted by Gasteiger charge is -2.37. The van der Waals surface area contributed by atoms with Crippen LogP contribution in [0.15, 0.2) is 42.2 Å². The molecule has 3 unspecified atom stereocenters. The number of aromatic nitrogens is 1. The van der Waals surface area contributed by atoms with Crippen LogP contribution < -0.4 is 0 Å². The molecule has 3 heterocycles. The minimum atomic E-state index is -0.463. The maximum atomic E-state index is 13.5. The number of para-hydroxylation sites is 1. The van der Waals surface area contributed by atoms with Gasteiger partial charge in [-0.25, -0.2) is 0 Å². The first-order valence-electron chi connectivity index (χ1n) is 10.8. The molecule has 0 aliphatic carbocycles. The van der Waals surface area contributed by atoms with Crippen molar-refractivity contribution in [2.24, 2.45) is 11.8 Å². The van der Waals surface area contributed by atoms with Crippen LogP contribution in [0, 0.1) is 11.8 Å². The van der Waals surface area contributed by atoms with Crippen molar-refractivity contribution < 1.29 is 23.8 Å². The highest BCUT2D eigenvalue weighted by Gasteiger charge is 2.41. The van der Waals surface area contributed by atoms with Crippen molar-refractivity contribution in [2.45, 2.75) is 46.6 Å². The van der Waals surface area contributed by atoms with E-state index in [9.17, 15) is 9.59 Å². The molecule has 31 heavy (non-hydrogen) atoms.